The van der Waals surface area contributed by atoms with Crippen molar-refractivity contribution >= 4 is 52.6 Å². The summed E-state index contributed by atoms with van der Waals surface area (Å²) in [6.45, 7) is 0.822. The first-order valence-electron chi connectivity index (χ1n) is 17.9. The van der Waals surface area contributed by atoms with Gasteiger partial charge in [-0.3, -0.25) is 24.2 Å². The highest BCUT2D eigenvalue weighted by molar-refractivity contribution is 6.06. The fourth-order valence-corrected chi connectivity index (χ4v) is 6.74. The second-order valence-electron chi connectivity index (χ2n) is 13.5. The summed E-state index contributed by atoms with van der Waals surface area (Å²) in [4.78, 5) is 58.2. The van der Waals surface area contributed by atoms with Crippen LogP contribution in [0.25, 0.3) is 11.1 Å². The molecule has 1 unspecified atom stereocenters. The van der Waals surface area contributed by atoms with Gasteiger partial charge in [-0.1, -0.05) is 30.3 Å². The number of nitrogens with zero attached hydrogens (tertiary/aromatic N) is 4. The van der Waals surface area contributed by atoms with Crippen molar-refractivity contribution in [3.63, 3.8) is 0 Å². The van der Waals surface area contributed by atoms with Crippen LogP contribution >= 0.6 is 0 Å². The van der Waals surface area contributed by atoms with Crippen LogP contribution in [0.1, 0.15) is 63.4 Å². The molecule has 1 saturated heterocycles. The van der Waals surface area contributed by atoms with Crippen LogP contribution in [-0.4, -0.2) is 68.2 Å². The minimum atomic E-state index is -0.346. The number of ether oxygens (including phenoxy) is 1. The van der Waals surface area contributed by atoms with Gasteiger partial charge in [0.25, 0.3) is 17.7 Å². The molecule has 54 heavy (non-hydrogen) atoms. The number of carbonyl (C=O) groups excluding carboxylic acids is 4. The van der Waals surface area contributed by atoms with Gasteiger partial charge in [0.15, 0.2) is 11.5 Å². The Morgan fingerprint density at radius 2 is 1.52 bits per heavy atom. The van der Waals surface area contributed by atoms with Gasteiger partial charge in [0, 0.05) is 68.7 Å². The summed E-state index contributed by atoms with van der Waals surface area (Å²) in [5, 5.41) is 19.2. The van der Waals surface area contributed by atoms with Crippen LogP contribution in [0.4, 0.5) is 22.7 Å². The van der Waals surface area contributed by atoms with Gasteiger partial charge < -0.3 is 39.8 Å². The van der Waals surface area contributed by atoms with Crippen molar-refractivity contribution in [1.29, 1.82) is 0 Å². The molecule has 0 bridgehead atoms. The molecule has 3 aromatic carbocycles. The highest BCUT2D eigenvalue weighted by Gasteiger charge is 2.31. The molecule has 4 heterocycles. The van der Waals surface area contributed by atoms with E-state index >= 15 is 0 Å². The molecule has 7 rings (SSSR count). The van der Waals surface area contributed by atoms with Gasteiger partial charge in [-0.15, -0.1) is 0 Å². The maximum absolute atomic E-state index is 13.2. The van der Waals surface area contributed by atoms with Crippen LogP contribution in [0.5, 0.6) is 11.5 Å². The normalized spacial score (nSPS) is 14.8. The van der Waals surface area contributed by atoms with Crippen molar-refractivity contribution in [3.8, 4) is 22.6 Å². The zero-order chi connectivity index (χ0) is 37.8. The first-order valence-corrected chi connectivity index (χ1v) is 17.9. The Labute approximate surface area is 312 Å². The summed E-state index contributed by atoms with van der Waals surface area (Å²) in [5.41, 5.74) is 5.18. The quantitative estimate of drug-likeness (QED) is 0.110. The third kappa shape index (κ3) is 7.89. The van der Waals surface area contributed by atoms with Gasteiger partial charge in [-0.25, -0.2) is 0 Å². The number of hydrogen-bond acceptors (Lipinski definition) is 7. The van der Waals surface area contributed by atoms with Gasteiger partial charge in [0.05, 0.1) is 29.6 Å². The predicted molar refractivity (Wildman–Crippen MR) is 207 cm³/mol. The van der Waals surface area contributed by atoms with Crippen LogP contribution in [0.3, 0.4) is 0 Å². The standard InChI is InChI=1S/C41H41N7O6/c1-46-24-27(19-34(46)39(51)44-28-9-4-3-5-10-28)26-13-15-29(16-14-26)45-40(52)35-20-30(25-47(35)2)43-38(50)12-8-18-54-37-22-33-32(21-36(37)49)41(53)48-17-7-6-11-31(48)23-42-33/h3-5,9-10,13-16,19-25,31,49H,6-8,11-12,17-18H2,1-2H3,(H,43,50)(H,44,51)(H,45,52). The molecule has 0 radical (unpaired) electrons. The van der Waals surface area contributed by atoms with Crippen molar-refractivity contribution in [2.45, 2.75) is 38.1 Å². The van der Waals surface area contributed by atoms with E-state index in [1.54, 1.807) is 57.8 Å². The Morgan fingerprint density at radius 3 is 2.28 bits per heavy atom. The van der Waals surface area contributed by atoms with Gasteiger partial charge in [-0.2, -0.15) is 0 Å². The van der Waals surface area contributed by atoms with E-state index < -0.39 is 0 Å². The summed E-state index contributed by atoms with van der Waals surface area (Å²) >= 11 is 0. The number of rotatable bonds is 11. The summed E-state index contributed by atoms with van der Waals surface area (Å²) in [6.07, 6.45) is 8.69. The molecule has 13 heteroatoms. The Hall–Kier alpha value is -6.63. The Bertz CT molecular complexity index is 2240. The number of aromatic hydroxyl groups is 1. The average molecular weight is 728 g/mol. The van der Waals surface area contributed by atoms with E-state index in [2.05, 4.69) is 20.9 Å². The van der Waals surface area contributed by atoms with Crippen molar-refractivity contribution in [2.75, 3.05) is 29.1 Å². The largest absolute Gasteiger partial charge is 0.504 e. The van der Waals surface area contributed by atoms with E-state index in [4.69, 9.17) is 4.74 Å². The topological polar surface area (TPSA) is 159 Å². The molecule has 0 aliphatic carbocycles. The molecule has 4 N–H and O–H groups in total. The second kappa shape index (κ2) is 15.5. The number of hydrogen-bond donors (Lipinski definition) is 4. The highest BCUT2D eigenvalue weighted by Crippen LogP contribution is 2.37. The third-order valence-electron chi connectivity index (χ3n) is 9.58. The monoisotopic (exact) mass is 727 g/mol. The van der Waals surface area contributed by atoms with Crippen molar-refractivity contribution in [2.24, 2.45) is 19.1 Å². The lowest BCUT2D eigenvalue weighted by atomic mass is 10.0. The van der Waals surface area contributed by atoms with Crippen molar-refractivity contribution < 1.29 is 29.0 Å². The maximum Gasteiger partial charge on any atom is 0.272 e. The number of phenols is 1. The number of carbonyl (C=O) groups is 4. The van der Waals surface area contributed by atoms with Gasteiger partial charge in [-0.05, 0) is 73.7 Å². The predicted octanol–water partition coefficient (Wildman–Crippen LogP) is 6.75. The van der Waals surface area contributed by atoms with Gasteiger partial charge in [0.2, 0.25) is 5.91 Å². The minimum absolute atomic E-state index is 0.0457. The number of nitrogens with one attached hydrogen (secondary N) is 3. The van der Waals surface area contributed by atoms with Crippen molar-refractivity contribution in [1.82, 2.24) is 14.0 Å². The van der Waals surface area contributed by atoms with E-state index in [0.29, 0.717) is 52.7 Å². The number of aryl methyl sites for hydroxylation is 2. The lowest BCUT2D eigenvalue weighted by Gasteiger charge is -2.32. The zero-order valence-corrected chi connectivity index (χ0v) is 30.0. The summed E-state index contributed by atoms with van der Waals surface area (Å²) < 4.78 is 9.18. The van der Waals surface area contributed by atoms with Crippen LogP contribution in [-0.2, 0) is 18.9 Å². The molecular formula is C41H41N7O6. The van der Waals surface area contributed by atoms with Gasteiger partial charge in [0.1, 0.15) is 11.4 Å². The molecule has 2 aliphatic heterocycles. The molecule has 276 valence electrons. The molecule has 0 saturated carbocycles. The van der Waals surface area contributed by atoms with E-state index in [9.17, 15) is 24.3 Å². The number of fused-ring (bicyclic) bond motifs is 2. The number of piperidine rings is 1. The fourth-order valence-electron chi connectivity index (χ4n) is 6.74. The first-order chi connectivity index (χ1) is 26.1. The summed E-state index contributed by atoms with van der Waals surface area (Å²) in [7, 11) is 3.54. The summed E-state index contributed by atoms with van der Waals surface area (Å²) in [6, 6.07) is 22.9. The Kier molecular flexibility index (Phi) is 10.3. The summed E-state index contributed by atoms with van der Waals surface area (Å²) in [5.74, 6) is -0.918. The molecule has 1 fully saturated rings. The number of phenolic OH excluding ortho intramolecular Hbond substituents is 1. The maximum atomic E-state index is 13.2. The Morgan fingerprint density at radius 1 is 0.815 bits per heavy atom. The number of aliphatic imine (C=N–C) groups is 1. The van der Waals surface area contributed by atoms with E-state index in [-0.39, 0.29) is 54.2 Å². The lowest BCUT2D eigenvalue weighted by Crippen LogP contribution is -2.43. The molecule has 1 atom stereocenters. The molecule has 5 aromatic rings. The molecule has 13 nitrogen and oxygen atoms in total. The smallest absolute Gasteiger partial charge is 0.272 e. The number of anilines is 3. The number of para-hydroxylation sites is 1. The number of aromatic nitrogens is 2. The van der Waals surface area contributed by atoms with Crippen LogP contribution < -0.4 is 20.7 Å². The molecular weight excluding hydrogens is 686 g/mol. The third-order valence-corrected chi connectivity index (χ3v) is 9.58. The molecule has 2 aliphatic rings. The first kappa shape index (κ1) is 35.8. The second-order valence-corrected chi connectivity index (χ2v) is 13.5. The lowest BCUT2D eigenvalue weighted by molar-refractivity contribution is -0.116. The van der Waals surface area contributed by atoms with Crippen molar-refractivity contribution in [3.05, 3.63) is 108 Å². The van der Waals surface area contributed by atoms with E-state index in [1.165, 1.54) is 6.07 Å². The minimum Gasteiger partial charge on any atom is -0.504 e. The highest BCUT2D eigenvalue weighted by atomic mass is 16.5. The Balaban J connectivity index is 0.892. The van der Waals surface area contributed by atoms with Crippen LogP contribution in [0.15, 0.2) is 96.2 Å². The van der Waals surface area contributed by atoms with Gasteiger partial charge >= 0.3 is 0 Å². The van der Waals surface area contributed by atoms with E-state index in [1.807, 2.05) is 61.8 Å². The average Bonchev–Trinajstić information content (AvgIpc) is 3.71. The fraction of sp³-hybridized carbons (Fsp3) is 0.244. The molecule has 2 aromatic heterocycles. The SMILES string of the molecule is Cn1cc(NC(=O)CCCOc2cc3c(cc2O)C(=O)N2CCCCC2C=N3)cc1C(=O)Nc1ccc(-c2cc(C(=O)Nc3ccccc3)n(C)c2)cc1. The molecule has 4 amide bonds. The van der Waals surface area contributed by atoms with Crippen LogP contribution in [0, 0.1) is 0 Å². The zero-order valence-electron chi connectivity index (χ0n) is 30.0. The van der Waals surface area contributed by atoms with E-state index in [0.717, 1.165) is 30.4 Å². The number of benzene rings is 3. The number of amides is 4. The molecule has 0 spiro atoms. The van der Waals surface area contributed by atoms with Crippen LogP contribution in [0.2, 0.25) is 0 Å².